The number of benzene rings is 2. The number of carbonyl (C=O) groups is 1. The number of hydrogen-bond acceptors (Lipinski definition) is 4. The van der Waals surface area contributed by atoms with Crippen LogP contribution in [0.4, 0.5) is 0 Å². The van der Waals surface area contributed by atoms with Crippen molar-refractivity contribution < 1.29 is 14.8 Å². The van der Waals surface area contributed by atoms with Crippen molar-refractivity contribution in [2.75, 3.05) is 0 Å². The minimum atomic E-state index is -1.60. The summed E-state index contributed by atoms with van der Waals surface area (Å²) in [4.78, 5) is 12.3. The van der Waals surface area contributed by atoms with E-state index in [0.29, 0.717) is 12.8 Å². The minimum absolute atomic E-state index is 0. The van der Waals surface area contributed by atoms with E-state index in [4.69, 9.17) is 5.73 Å². The van der Waals surface area contributed by atoms with E-state index in [1.165, 1.54) is 0 Å². The van der Waals surface area contributed by atoms with Crippen molar-refractivity contribution in [3.8, 4) is 0 Å². The Hall–Kier alpha value is -1.60. The van der Waals surface area contributed by atoms with Crippen LogP contribution in [-0.4, -0.2) is 35.1 Å². The lowest BCUT2D eigenvalue weighted by atomic mass is 9.75. The third-order valence-electron chi connectivity index (χ3n) is 4.07. The van der Waals surface area contributed by atoms with Crippen molar-refractivity contribution in [3.05, 3.63) is 48.0 Å². The molecule has 25 heavy (non-hydrogen) atoms. The van der Waals surface area contributed by atoms with E-state index in [0.717, 1.165) is 16.3 Å². The Morgan fingerprint density at radius 2 is 1.80 bits per heavy atom. The van der Waals surface area contributed by atoms with Crippen LogP contribution < -0.4 is 11.1 Å². The van der Waals surface area contributed by atoms with Gasteiger partial charge in [-0.15, -0.1) is 12.4 Å². The van der Waals surface area contributed by atoms with E-state index in [2.05, 4.69) is 5.32 Å². The molecule has 0 saturated heterocycles. The highest BCUT2D eigenvalue weighted by Crippen LogP contribution is 2.19. The topological polar surface area (TPSA) is 95.6 Å². The van der Waals surface area contributed by atoms with E-state index in [-0.39, 0.29) is 24.2 Å². The van der Waals surface area contributed by atoms with Gasteiger partial charge in [0.25, 0.3) is 0 Å². The third-order valence-corrected chi connectivity index (χ3v) is 4.07. The van der Waals surface area contributed by atoms with Gasteiger partial charge in [0.05, 0.1) is 12.0 Å². The van der Waals surface area contributed by atoms with E-state index in [1.54, 1.807) is 0 Å². The standard InChI is InChI=1S/C18H25BN2O3.ClH/c1-12(2)10-17(19(23)24)21-18(22)16(20)11-14-8-5-7-13-6-3-4-9-15(13)14;/h3-9,12,16-17,23-24H,10-11,20H2,1-2H3,(H,21,22);1H/t16-,17-;/m1./s1. The largest absolute Gasteiger partial charge is 0.475 e. The summed E-state index contributed by atoms with van der Waals surface area (Å²) >= 11 is 0. The molecule has 1 amide bonds. The number of amides is 1. The molecule has 0 aliphatic heterocycles. The summed E-state index contributed by atoms with van der Waals surface area (Å²) < 4.78 is 0. The van der Waals surface area contributed by atoms with Crippen LogP contribution >= 0.6 is 12.4 Å². The molecule has 0 aliphatic rings. The lowest BCUT2D eigenvalue weighted by Gasteiger charge is -2.22. The molecule has 2 rings (SSSR count). The Bertz CT molecular complexity index is 692. The SMILES string of the molecule is CC(C)C[C@@H](NC(=O)[C@H](N)Cc1cccc2ccccc12)B(O)O.Cl. The second-order valence-electron chi connectivity index (χ2n) is 6.61. The van der Waals surface area contributed by atoms with E-state index in [9.17, 15) is 14.8 Å². The first kappa shape index (κ1) is 21.4. The van der Waals surface area contributed by atoms with Gasteiger partial charge in [-0.2, -0.15) is 0 Å². The van der Waals surface area contributed by atoms with Crippen LogP contribution in [0, 0.1) is 5.92 Å². The summed E-state index contributed by atoms with van der Waals surface area (Å²) in [6, 6.07) is 13.1. The Morgan fingerprint density at radius 1 is 1.16 bits per heavy atom. The zero-order chi connectivity index (χ0) is 17.7. The molecule has 0 heterocycles. The van der Waals surface area contributed by atoms with Gasteiger partial charge in [0.1, 0.15) is 0 Å². The van der Waals surface area contributed by atoms with Gasteiger partial charge in [0.15, 0.2) is 0 Å². The second-order valence-corrected chi connectivity index (χ2v) is 6.61. The molecule has 0 saturated carbocycles. The van der Waals surface area contributed by atoms with Gasteiger partial charge in [-0.05, 0) is 35.1 Å². The molecule has 136 valence electrons. The predicted octanol–water partition coefficient (Wildman–Crippen LogP) is 1.67. The zero-order valence-corrected chi connectivity index (χ0v) is 15.4. The van der Waals surface area contributed by atoms with Crippen molar-refractivity contribution in [1.29, 1.82) is 0 Å². The minimum Gasteiger partial charge on any atom is -0.426 e. The normalized spacial score (nSPS) is 13.2. The number of rotatable bonds is 7. The molecule has 2 atom stereocenters. The van der Waals surface area contributed by atoms with Crippen LogP contribution in [0.3, 0.4) is 0 Å². The molecule has 2 aromatic rings. The van der Waals surface area contributed by atoms with Crippen LogP contribution in [0.15, 0.2) is 42.5 Å². The Kier molecular flexibility index (Phi) is 8.39. The fourth-order valence-electron chi connectivity index (χ4n) is 2.85. The molecule has 2 aromatic carbocycles. The van der Waals surface area contributed by atoms with Crippen LogP contribution in [0.1, 0.15) is 25.8 Å². The Morgan fingerprint density at radius 3 is 2.44 bits per heavy atom. The first-order valence-electron chi connectivity index (χ1n) is 8.27. The summed E-state index contributed by atoms with van der Waals surface area (Å²) in [5, 5.41) is 23.7. The van der Waals surface area contributed by atoms with E-state index < -0.39 is 19.1 Å². The van der Waals surface area contributed by atoms with Gasteiger partial charge in [-0.1, -0.05) is 56.3 Å². The molecular weight excluding hydrogens is 338 g/mol. The van der Waals surface area contributed by atoms with Crippen molar-refractivity contribution >= 4 is 36.2 Å². The summed E-state index contributed by atoms with van der Waals surface area (Å²) in [5.74, 6) is -0.857. The van der Waals surface area contributed by atoms with Crippen molar-refractivity contribution in [1.82, 2.24) is 5.32 Å². The van der Waals surface area contributed by atoms with Crippen LogP contribution in [0.5, 0.6) is 0 Å². The third kappa shape index (κ3) is 6.01. The smallest absolute Gasteiger partial charge is 0.426 e. The molecule has 7 heteroatoms. The zero-order valence-electron chi connectivity index (χ0n) is 14.6. The van der Waals surface area contributed by atoms with Crippen molar-refractivity contribution in [2.45, 2.75) is 38.7 Å². The maximum Gasteiger partial charge on any atom is 0.475 e. The molecule has 5 nitrogen and oxygen atoms in total. The maximum atomic E-state index is 12.3. The number of halogens is 1. The fourth-order valence-corrected chi connectivity index (χ4v) is 2.85. The van der Waals surface area contributed by atoms with E-state index >= 15 is 0 Å². The fraction of sp³-hybridized carbons (Fsp3) is 0.389. The number of nitrogens with two attached hydrogens (primary N) is 1. The first-order chi connectivity index (χ1) is 11.4. The first-order valence-corrected chi connectivity index (χ1v) is 8.27. The lowest BCUT2D eigenvalue weighted by Crippen LogP contribution is -2.52. The summed E-state index contributed by atoms with van der Waals surface area (Å²) in [7, 11) is -1.60. The van der Waals surface area contributed by atoms with Gasteiger partial charge < -0.3 is 21.1 Å². The number of hydrogen-bond donors (Lipinski definition) is 4. The van der Waals surface area contributed by atoms with Crippen molar-refractivity contribution in [3.63, 3.8) is 0 Å². The molecule has 0 bridgehead atoms. The van der Waals surface area contributed by atoms with Crippen LogP contribution in [0.2, 0.25) is 0 Å². The molecule has 0 fully saturated rings. The van der Waals surface area contributed by atoms with E-state index in [1.807, 2.05) is 56.3 Å². The van der Waals surface area contributed by atoms with Crippen LogP contribution in [0.25, 0.3) is 10.8 Å². The van der Waals surface area contributed by atoms with Crippen LogP contribution in [-0.2, 0) is 11.2 Å². The van der Waals surface area contributed by atoms with Gasteiger partial charge in [0, 0.05) is 0 Å². The monoisotopic (exact) mass is 364 g/mol. The molecule has 0 aromatic heterocycles. The Labute approximate surface area is 155 Å². The number of fused-ring (bicyclic) bond motifs is 1. The average Bonchev–Trinajstić information content (AvgIpc) is 2.54. The lowest BCUT2D eigenvalue weighted by molar-refractivity contribution is -0.122. The number of carbonyl (C=O) groups excluding carboxylic acids is 1. The summed E-state index contributed by atoms with van der Waals surface area (Å²) in [6.07, 6.45) is 0.869. The maximum absolute atomic E-state index is 12.3. The van der Waals surface area contributed by atoms with Crippen molar-refractivity contribution in [2.24, 2.45) is 11.7 Å². The summed E-state index contributed by atoms with van der Waals surface area (Å²) in [6.45, 7) is 3.91. The van der Waals surface area contributed by atoms with Gasteiger partial charge in [-0.3, -0.25) is 4.79 Å². The average molecular weight is 365 g/mol. The molecule has 5 N–H and O–H groups in total. The molecular formula is C18H26BClN2O3. The number of nitrogens with one attached hydrogen (secondary N) is 1. The second kappa shape index (κ2) is 9.78. The van der Waals surface area contributed by atoms with Gasteiger partial charge in [-0.25, -0.2) is 0 Å². The highest BCUT2D eigenvalue weighted by Gasteiger charge is 2.28. The quantitative estimate of drug-likeness (QED) is 0.562. The molecule has 0 unspecified atom stereocenters. The summed E-state index contributed by atoms with van der Waals surface area (Å²) in [5.41, 5.74) is 7.04. The predicted molar refractivity (Wildman–Crippen MR) is 104 cm³/mol. The Balaban J connectivity index is 0.00000312. The molecule has 0 spiro atoms. The van der Waals surface area contributed by atoms with Gasteiger partial charge in [0.2, 0.25) is 5.91 Å². The molecule has 0 radical (unpaired) electrons. The highest BCUT2D eigenvalue weighted by molar-refractivity contribution is 6.43. The van der Waals surface area contributed by atoms with Gasteiger partial charge >= 0.3 is 7.12 Å². The molecule has 0 aliphatic carbocycles. The highest BCUT2D eigenvalue weighted by atomic mass is 35.5.